The standard InChI is InChI=1S/C20H19N3O/c1-20(2,19(24)13-23-21)22-12-18-16-9-5-3-7-14(16)11-15-8-4-6-10-17(15)18/h3-11,13,22H,12H2,1-2H3. The van der Waals surface area contributed by atoms with E-state index in [1.54, 1.807) is 13.8 Å². The van der Waals surface area contributed by atoms with Crippen LogP contribution in [0.1, 0.15) is 19.4 Å². The molecule has 0 aliphatic rings. The van der Waals surface area contributed by atoms with Crippen LogP contribution in [-0.4, -0.2) is 22.3 Å². The van der Waals surface area contributed by atoms with Crippen LogP contribution in [0.25, 0.3) is 27.1 Å². The zero-order valence-corrected chi connectivity index (χ0v) is 13.8. The molecule has 0 saturated carbocycles. The number of rotatable bonds is 5. The van der Waals surface area contributed by atoms with E-state index < -0.39 is 5.54 Å². The molecule has 3 aromatic rings. The number of nitrogens with one attached hydrogen (secondary N) is 1. The summed E-state index contributed by atoms with van der Waals surface area (Å²) in [4.78, 5) is 14.9. The van der Waals surface area contributed by atoms with Gasteiger partial charge in [0.15, 0.2) is 0 Å². The molecule has 0 aliphatic heterocycles. The van der Waals surface area contributed by atoms with Crippen LogP contribution >= 0.6 is 0 Å². The summed E-state index contributed by atoms with van der Waals surface area (Å²) in [7, 11) is 0. The summed E-state index contributed by atoms with van der Waals surface area (Å²) in [6.07, 6.45) is 0.939. The van der Waals surface area contributed by atoms with Gasteiger partial charge < -0.3 is 10.8 Å². The lowest BCUT2D eigenvalue weighted by molar-refractivity contribution is -0.121. The van der Waals surface area contributed by atoms with Crippen LogP contribution in [-0.2, 0) is 11.3 Å². The van der Waals surface area contributed by atoms with E-state index in [1.807, 2.05) is 24.3 Å². The van der Waals surface area contributed by atoms with Crippen LogP contribution in [0.2, 0.25) is 0 Å². The Morgan fingerprint density at radius 3 is 2.17 bits per heavy atom. The first-order chi connectivity index (χ1) is 11.5. The Morgan fingerprint density at radius 2 is 1.62 bits per heavy atom. The fourth-order valence-electron chi connectivity index (χ4n) is 2.91. The first-order valence-electron chi connectivity index (χ1n) is 7.89. The van der Waals surface area contributed by atoms with Crippen molar-refractivity contribution in [3.63, 3.8) is 0 Å². The fourth-order valence-corrected chi connectivity index (χ4v) is 2.91. The largest absolute Gasteiger partial charge is 0.361 e. The van der Waals surface area contributed by atoms with Crippen molar-refractivity contribution in [1.29, 1.82) is 0 Å². The summed E-state index contributed by atoms with van der Waals surface area (Å²) in [6, 6.07) is 18.7. The molecule has 0 amide bonds. The third kappa shape index (κ3) is 2.98. The van der Waals surface area contributed by atoms with E-state index in [0.717, 1.165) is 11.8 Å². The van der Waals surface area contributed by atoms with Gasteiger partial charge >= 0.3 is 6.21 Å². The molecule has 0 bridgehead atoms. The highest BCUT2D eigenvalue weighted by Crippen LogP contribution is 2.28. The Morgan fingerprint density at radius 1 is 1.08 bits per heavy atom. The summed E-state index contributed by atoms with van der Waals surface area (Å²) in [6.45, 7) is 4.11. The summed E-state index contributed by atoms with van der Waals surface area (Å²) in [5, 5.41) is 7.98. The predicted octanol–water partition coefficient (Wildman–Crippen LogP) is 3.73. The summed E-state index contributed by atoms with van der Waals surface area (Å²) in [5.74, 6) is -0.269. The van der Waals surface area contributed by atoms with E-state index in [1.165, 1.54) is 21.5 Å². The molecule has 0 heterocycles. The van der Waals surface area contributed by atoms with Crippen molar-refractivity contribution in [3.8, 4) is 0 Å². The molecule has 0 aliphatic carbocycles. The highest BCUT2D eigenvalue weighted by molar-refractivity contribution is 6.29. The molecule has 4 heteroatoms. The predicted molar refractivity (Wildman–Crippen MR) is 97.1 cm³/mol. The van der Waals surface area contributed by atoms with Gasteiger partial charge in [-0.25, -0.2) is 0 Å². The first-order valence-corrected chi connectivity index (χ1v) is 7.89. The third-order valence-electron chi connectivity index (χ3n) is 4.38. The summed E-state index contributed by atoms with van der Waals surface area (Å²) in [5.41, 5.74) is 8.93. The molecule has 0 fully saturated rings. The van der Waals surface area contributed by atoms with Gasteiger partial charge in [0.05, 0.1) is 5.54 Å². The summed E-state index contributed by atoms with van der Waals surface area (Å²) >= 11 is 0. The average Bonchev–Trinajstić information content (AvgIpc) is 2.58. The van der Waals surface area contributed by atoms with E-state index in [-0.39, 0.29) is 5.78 Å². The lowest BCUT2D eigenvalue weighted by Crippen LogP contribution is -2.47. The normalized spacial score (nSPS) is 11.4. The van der Waals surface area contributed by atoms with Gasteiger partial charge in [-0.3, -0.25) is 4.79 Å². The zero-order valence-electron chi connectivity index (χ0n) is 13.8. The number of nitrogens with zero attached hydrogens (tertiary/aromatic N) is 2. The van der Waals surface area contributed by atoms with E-state index in [2.05, 4.69) is 40.4 Å². The van der Waals surface area contributed by atoms with Crippen molar-refractivity contribution in [2.75, 3.05) is 0 Å². The molecule has 4 nitrogen and oxygen atoms in total. The topological polar surface area (TPSA) is 65.5 Å². The highest BCUT2D eigenvalue weighted by Gasteiger charge is 2.28. The number of hydrogen-bond acceptors (Lipinski definition) is 2. The molecular weight excluding hydrogens is 298 g/mol. The van der Waals surface area contributed by atoms with Gasteiger partial charge in [0.2, 0.25) is 0 Å². The maximum Gasteiger partial charge on any atom is 0.325 e. The molecule has 120 valence electrons. The Labute approximate surface area is 140 Å². The Bertz CT molecular complexity index is 915. The van der Waals surface area contributed by atoms with Crippen LogP contribution in [0.5, 0.6) is 0 Å². The molecule has 24 heavy (non-hydrogen) atoms. The van der Waals surface area contributed by atoms with E-state index in [0.29, 0.717) is 6.54 Å². The molecule has 0 atom stereocenters. The number of benzene rings is 3. The van der Waals surface area contributed by atoms with Crippen LogP contribution < -0.4 is 5.32 Å². The summed E-state index contributed by atoms with van der Waals surface area (Å²) < 4.78 is 0. The van der Waals surface area contributed by atoms with E-state index >= 15 is 0 Å². The maximum atomic E-state index is 12.0. The van der Waals surface area contributed by atoms with Crippen molar-refractivity contribution < 1.29 is 9.58 Å². The minimum Gasteiger partial charge on any atom is -0.361 e. The lowest BCUT2D eigenvalue weighted by atomic mass is 9.94. The molecule has 1 N–H and O–H groups in total. The number of carbonyl (C=O) groups is 1. The Hall–Kier alpha value is -2.81. The van der Waals surface area contributed by atoms with Gasteiger partial charge in [0.25, 0.3) is 5.78 Å². The van der Waals surface area contributed by atoms with Crippen molar-refractivity contribution in [3.05, 3.63) is 65.7 Å². The van der Waals surface area contributed by atoms with Gasteiger partial charge in [-0.2, -0.15) is 4.79 Å². The Kier molecular flexibility index (Phi) is 4.26. The molecule has 0 saturated heterocycles. The molecule has 3 rings (SSSR count). The Balaban J connectivity index is 2.07. The third-order valence-corrected chi connectivity index (χ3v) is 4.38. The minimum atomic E-state index is -0.815. The minimum absolute atomic E-state index is 0.269. The van der Waals surface area contributed by atoms with Crippen LogP contribution in [0, 0.1) is 0 Å². The quantitative estimate of drug-likeness (QED) is 0.337. The monoisotopic (exact) mass is 317 g/mol. The smallest absolute Gasteiger partial charge is 0.325 e. The van der Waals surface area contributed by atoms with Crippen LogP contribution in [0.15, 0.2) is 54.6 Å². The van der Waals surface area contributed by atoms with Gasteiger partial charge in [-0.1, -0.05) is 48.5 Å². The second-order valence-corrected chi connectivity index (χ2v) is 6.38. The number of carbonyl (C=O) groups excluding carboxylic acids is 1. The second kappa shape index (κ2) is 6.36. The molecule has 3 aromatic carbocycles. The maximum absolute atomic E-state index is 12.0. The van der Waals surface area contributed by atoms with Crippen LogP contribution in [0.4, 0.5) is 0 Å². The van der Waals surface area contributed by atoms with Crippen LogP contribution in [0.3, 0.4) is 0 Å². The van der Waals surface area contributed by atoms with Gasteiger partial charge in [0.1, 0.15) is 0 Å². The SMILES string of the molecule is CC(C)(NCc1c2ccccc2cc2ccccc12)C(=O)C=[N+]=[N-]. The van der Waals surface area contributed by atoms with Gasteiger partial charge in [-0.15, -0.1) is 0 Å². The number of fused-ring (bicyclic) bond motifs is 2. The van der Waals surface area contributed by atoms with Crippen molar-refractivity contribution >= 4 is 33.5 Å². The van der Waals surface area contributed by atoms with E-state index in [4.69, 9.17) is 5.53 Å². The van der Waals surface area contributed by atoms with Gasteiger partial charge in [0, 0.05) is 6.54 Å². The number of hydrogen-bond donors (Lipinski definition) is 1. The van der Waals surface area contributed by atoms with Crippen molar-refractivity contribution in [1.82, 2.24) is 5.32 Å². The lowest BCUT2D eigenvalue weighted by Gasteiger charge is -2.22. The highest BCUT2D eigenvalue weighted by atomic mass is 16.1. The second-order valence-electron chi connectivity index (χ2n) is 6.38. The molecule has 0 radical (unpaired) electrons. The number of ketones is 1. The fraction of sp³-hybridized carbons (Fsp3) is 0.200. The zero-order chi connectivity index (χ0) is 17.2. The first kappa shape index (κ1) is 16.1. The molecule has 0 aromatic heterocycles. The van der Waals surface area contributed by atoms with Crippen molar-refractivity contribution in [2.24, 2.45) is 0 Å². The molecule has 0 unspecified atom stereocenters. The molecular formula is C20H19N3O. The van der Waals surface area contributed by atoms with Crippen molar-refractivity contribution in [2.45, 2.75) is 25.9 Å². The molecule has 0 spiro atoms. The average molecular weight is 317 g/mol. The van der Waals surface area contributed by atoms with Gasteiger partial charge in [-0.05, 0) is 47.0 Å². The van der Waals surface area contributed by atoms with E-state index in [9.17, 15) is 4.79 Å². The number of Topliss-reactive ketones (excluding diaryl/α,β-unsaturated/α-hetero) is 1.